The summed E-state index contributed by atoms with van der Waals surface area (Å²) >= 11 is 0. The summed E-state index contributed by atoms with van der Waals surface area (Å²) in [6, 6.07) is 17.3. The monoisotopic (exact) mass is 473 g/mol. The van der Waals surface area contributed by atoms with Crippen LogP contribution in [-0.2, 0) is 27.8 Å². The minimum atomic E-state index is -3.98. The van der Waals surface area contributed by atoms with Gasteiger partial charge in [-0.1, -0.05) is 30.3 Å². The topological polar surface area (TPSA) is 90.3 Å². The number of hydrogen-bond acceptors (Lipinski definition) is 4. The van der Waals surface area contributed by atoms with Crippen molar-refractivity contribution in [2.45, 2.75) is 51.6 Å². The third kappa shape index (κ3) is 4.23. The van der Waals surface area contributed by atoms with Gasteiger partial charge in [-0.2, -0.15) is 9.57 Å². The lowest BCUT2D eigenvalue weighted by atomic mass is 9.95. The summed E-state index contributed by atoms with van der Waals surface area (Å²) in [5, 5.41) is 11.9. The zero-order chi connectivity index (χ0) is 24.6. The second kappa shape index (κ2) is 9.05. The van der Waals surface area contributed by atoms with Crippen LogP contribution >= 0.6 is 0 Å². The van der Waals surface area contributed by atoms with Gasteiger partial charge in [0.15, 0.2) is 0 Å². The number of carbonyl (C=O) groups excluding carboxylic acids is 1. The van der Waals surface area contributed by atoms with E-state index in [0.29, 0.717) is 22.4 Å². The summed E-state index contributed by atoms with van der Waals surface area (Å²) in [7, 11) is -3.98. The van der Waals surface area contributed by atoms with Gasteiger partial charge in [-0.25, -0.2) is 8.42 Å². The Bertz CT molecular complexity index is 1390. The van der Waals surface area contributed by atoms with E-state index in [0.717, 1.165) is 22.3 Å². The Balaban J connectivity index is 1.78. The van der Waals surface area contributed by atoms with Gasteiger partial charge < -0.3 is 5.32 Å². The number of rotatable bonds is 4. The van der Waals surface area contributed by atoms with E-state index >= 15 is 0 Å². The average Bonchev–Trinajstić information content (AvgIpc) is 2.82. The third-order valence-corrected chi connectivity index (χ3v) is 8.78. The highest BCUT2D eigenvalue weighted by atomic mass is 32.2. The number of amides is 1. The summed E-state index contributed by atoms with van der Waals surface area (Å²) < 4.78 is 29.5. The number of anilines is 1. The van der Waals surface area contributed by atoms with Gasteiger partial charge in [0.25, 0.3) is 0 Å². The number of carbonyl (C=O) groups is 1. The van der Waals surface area contributed by atoms with E-state index in [9.17, 15) is 13.2 Å². The summed E-state index contributed by atoms with van der Waals surface area (Å²) in [6.45, 7) is 7.56. The van der Waals surface area contributed by atoms with Crippen LogP contribution in [0, 0.1) is 39.0 Å². The number of fused-ring (bicyclic) bond motifs is 1. The van der Waals surface area contributed by atoms with Gasteiger partial charge in [0, 0.05) is 12.2 Å². The first-order valence-electron chi connectivity index (χ1n) is 11.1. The molecule has 0 aliphatic carbocycles. The Labute approximate surface area is 200 Å². The molecule has 34 heavy (non-hydrogen) atoms. The molecule has 1 amide bonds. The van der Waals surface area contributed by atoms with Crippen molar-refractivity contribution >= 4 is 21.6 Å². The predicted octanol–water partition coefficient (Wildman–Crippen LogP) is 4.55. The van der Waals surface area contributed by atoms with Crippen molar-refractivity contribution in [1.29, 1.82) is 5.26 Å². The molecule has 0 saturated heterocycles. The maximum absolute atomic E-state index is 14.1. The Hall–Kier alpha value is -3.47. The van der Waals surface area contributed by atoms with E-state index in [4.69, 9.17) is 5.26 Å². The number of nitrogens with one attached hydrogen (secondary N) is 1. The molecule has 0 bridgehead atoms. The molecule has 174 valence electrons. The smallest absolute Gasteiger partial charge is 0.244 e. The lowest BCUT2D eigenvalue weighted by Crippen LogP contribution is -2.50. The van der Waals surface area contributed by atoms with Gasteiger partial charge in [-0.3, -0.25) is 4.79 Å². The van der Waals surface area contributed by atoms with Crippen LogP contribution in [0.1, 0.15) is 38.9 Å². The first-order chi connectivity index (χ1) is 16.1. The van der Waals surface area contributed by atoms with Gasteiger partial charge >= 0.3 is 0 Å². The molecule has 7 heteroatoms. The van der Waals surface area contributed by atoms with Gasteiger partial charge in [-0.15, -0.1) is 0 Å². The summed E-state index contributed by atoms with van der Waals surface area (Å²) in [4.78, 5) is 13.7. The van der Waals surface area contributed by atoms with Crippen LogP contribution < -0.4 is 5.32 Å². The molecular formula is C27H27N3O3S. The number of nitrogens with zero attached hydrogens (tertiary/aromatic N) is 2. The predicted molar refractivity (Wildman–Crippen MR) is 132 cm³/mol. The van der Waals surface area contributed by atoms with Crippen LogP contribution in [0.15, 0.2) is 59.5 Å². The molecular weight excluding hydrogens is 446 g/mol. The van der Waals surface area contributed by atoms with Crippen molar-refractivity contribution in [2.24, 2.45) is 0 Å². The van der Waals surface area contributed by atoms with E-state index in [1.165, 1.54) is 4.31 Å². The molecule has 6 nitrogen and oxygen atoms in total. The van der Waals surface area contributed by atoms with Crippen molar-refractivity contribution in [3.05, 3.63) is 93.5 Å². The average molecular weight is 474 g/mol. The zero-order valence-corrected chi connectivity index (χ0v) is 20.5. The fourth-order valence-electron chi connectivity index (χ4n) is 4.51. The first kappa shape index (κ1) is 23.7. The van der Waals surface area contributed by atoms with Crippen LogP contribution in [0.4, 0.5) is 5.69 Å². The van der Waals surface area contributed by atoms with E-state index in [-0.39, 0.29) is 17.9 Å². The number of nitriles is 1. The molecule has 1 heterocycles. The van der Waals surface area contributed by atoms with E-state index in [1.54, 1.807) is 24.3 Å². The Morgan fingerprint density at radius 3 is 2.15 bits per heavy atom. The molecule has 1 atom stereocenters. The quantitative estimate of drug-likeness (QED) is 0.602. The SMILES string of the molecule is Cc1cc(C)c(C)c(S(=O)(=O)N2Cc3ccccc3CC2C(=O)Nc2ccc(C#N)cc2)c1C. The molecule has 0 radical (unpaired) electrons. The minimum Gasteiger partial charge on any atom is -0.325 e. The van der Waals surface area contributed by atoms with Crippen LogP contribution in [0.3, 0.4) is 0 Å². The number of sulfonamides is 1. The van der Waals surface area contributed by atoms with Crippen LogP contribution in [0.25, 0.3) is 0 Å². The molecule has 1 aliphatic rings. The highest BCUT2D eigenvalue weighted by Crippen LogP contribution is 2.34. The lowest BCUT2D eigenvalue weighted by molar-refractivity contribution is -0.120. The molecule has 0 saturated carbocycles. The van der Waals surface area contributed by atoms with Crippen molar-refractivity contribution in [3.8, 4) is 6.07 Å². The van der Waals surface area contributed by atoms with E-state index in [2.05, 4.69) is 5.32 Å². The molecule has 3 aromatic carbocycles. The van der Waals surface area contributed by atoms with Crippen LogP contribution in [-0.4, -0.2) is 24.7 Å². The molecule has 0 aromatic heterocycles. The maximum atomic E-state index is 14.1. The standard InChI is InChI=1S/C27H27N3O3S/c1-17-13-18(2)20(4)26(19(17)3)34(32,33)30-16-23-8-6-5-7-22(23)14-25(30)27(31)29-24-11-9-21(15-28)10-12-24/h5-13,25H,14,16H2,1-4H3,(H,29,31). The maximum Gasteiger partial charge on any atom is 0.244 e. The highest BCUT2D eigenvalue weighted by molar-refractivity contribution is 7.89. The molecule has 4 rings (SSSR count). The fraction of sp³-hybridized carbons (Fsp3) is 0.259. The molecule has 1 unspecified atom stereocenters. The fourth-order valence-corrected chi connectivity index (χ4v) is 6.66. The largest absolute Gasteiger partial charge is 0.325 e. The van der Waals surface area contributed by atoms with E-state index < -0.39 is 22.0 Å². The van der Waals surface area contributed by atoms with E-state index in [1.807, 2.05) is 64.1 Å². The Morgan fingerprint density at radius 1 is 0.971 bits per heavy atom. The van der Waals surface area contributed by atoms with Crippen molar-refractivity contribution in [1.82, 2.24) is 4.31 Å². The van der Waals surface area contributed by atoms with Gasteiger partial charge in [0.05, 0.1) is 16.5 Å². The molecule has 1 N–H and O–H groups in total. The second-order valence-corrected chi connectivity index (χ2v) is 10.6. The number of aryl methyl sites for hydroxylation is 2. The summed E-state index contributed by atoms with van der Waals surface area (Å²) in [5.74, 6) is -0.400. The molecule has 0 spiro atoms. The molecule has 3 aromatic rings. The Kier molecular flexibility index (Phi) is 6.30. The van der Waals surface area contributed by atoms with Gasteiger partial charge in [0.2, 0.25) is 15.9 Å². The van der Waals surface area contributed by atoms with Crippen LogP contribution in [0.5, 0.6) is 0 Å². The van der Waals surface area contributed by atoms with Crippen molar-refractivity contribution < 1.29 is 13.2 Å². The zero-order valence-electron chi connectivity index (χ0n) is 19.7. The van der Waals surface area contributed by atoms with Crippen molar-refractivity contribution in [2.75, 3.05) is 5.32 Å². The molecule has 0 fully saturated rings. The van der Waals surface area contributed by atoms with Gasteiger partial charge in [0.1, 0.15) is 6.04 Å². The number of benzene rings is 3. The number of hydrogen-bond donors (Lipinski definition) is 1. The highest BCUT2D eigenvalue weighted by Gasteiger charge is 2.41. The summed E-state index contributed by atoms with van der Waals surface area (Å²) in [5.41, 5.74) is 6.06. The lowest BCUT2D eigenvalue weighted by Gasteiger charge is -2.36. The van der Waals surface area contributed by atoms with Crippen molar-refractivity contribution in [3.63, 3.8) is 0 Å². The van der Waals surface area contributed by atoms with Crippen LogP contribution in [0.2, 0.25) is 0 Å². The van der Waals surface area contributed by atoms with Gasteiger partial charge in [-0.05, 0) is 91.8 Å². The Morgan fingerprint density at radius 2 is 1.56 bits per heavy atom. The summed E-state index contributed by atoms with van der Waals surface area (Å²) in [6.07, 6.45) is 0.278. The minimum absolute atomic E-state index is 0.121. The normalized spacial score (nSPS) is 15.9. The third-order valence-electron chi connectivity index (χ3n) is 6.65. The first-order valence-corrected chi connectivity index (χ1v) is 12.5. The molecule has 1 aliphatic heterocycles. The second-order valence-electron chi connectivity index (χ2n) is 8.81.